The fraction of sp³-hybridized carbons (Fsp3) is 0.632. The predicted octanol–water partition coefficient (Wildman–Crippen LogP) is 2.97. The quantitative estimate of drug-likeness (QED) is 0.923. The van der Waals surface area contributed by atoms with Gasteiger partial charge < -0.3 is 19.6 Å². The van der Waals surface area contributed by atoms with Crippen LogP contribution in [0.25, 0.3) is 0 Å². The summed E-state index contributed by atoms with van der Waals surface area (Å²) in [6, 6.07) is 8.13. The number of likely N-dealkylation sites (tertiary alicyclic amines) is 1. The van der Waals surface area contributed by atoms with E-state index in [1.165, 1.54) is 5.56 Å². The van der Waals surface area contributed by atoms with Gasteiger partial charge in [-0.25, -0.2) is 4.79 Å². The second-order valence-electron chi connectivity index (χ2n) is 7.93. The van der Waals surface area contributed by atoms with Gasteiger partial charge in [0.15, 0.2) is 0 Å². The summed E-state index contributed by atoms with van der Waals surface area (Å²) in [4.78, 5) is 15.9. The number of amides is 1. The van der Waals surface area contributed by atoms with Crippen molar-refractivity contribution in [2.75, 3.05) is 27.2 Å². The fourth-order valence-electron chi connectivity index (χ4n) is 2.96. The highest BCUT2D eigenvalue weighted by Gasteiger charge is 2.36. The lowest BCUT2D eigenvalue weighted by molar-refractivity contribution is -0.0356. The molecule has 1 amide bonds. The Kier molecular flexibility index (Phi) is 5.56. The van der Waals surface area contributed by atoms with Crippen molar-refractivity contribution >= 4 is 6.09 Å². The molecule has 2 rings (SSSR count). The molecule has 1 saturated heterocycles. The van der Waals surface area contributed by atoms with E-state index in [1.54, 1.807) is 4.90 Å². The second-order valence-corrected chi connectivity index (χ2v) is 7.93. The van der Waals surface area contributed by atoms with E-state index in [9.17, 15) is 9.90 Å². The smallest absolute Gasteiger partial charge is 0.410 e. The van der Waals surface area contributed by atoms with E-state index in [1.807, 2.05) is 47.0 Å². The zero-order valence-electron chi connectivity index (χ0n) is 15.5. The van der Waals surface area contributed by atoms with Crippen molar-refractivity contribution in [1.29, 1.82) is 0 Å². The third-order valence-electron chi connectivity index (χ3n) is 4.23. The highest BCUT2D eigenvalue weighted by molar-refractivity contribution is 5.68. The lowest BCUT2D eigenvalue weighted by atomic mass is 9.84. The molecule has 0 bridgehead atoms. The van der Waals surface area contributed by atoms with E-state index in [0.29, 0.717) is 25.9 Å². The molecule has 1 aliphatic rings. The van der Waals surface area contributed by atoms with E-state index >= 15 is 0 Å². The van der Waals surface area contributed by atoms with Crippen molar-refractivity contribution < 1.29 is 14.6 Å². The molecule has 1 aliphatic heterocycles. The molecule has 24 heavy (non-hydrogen) atoms. The summed E-state index contributed by atoms with van der Waals surface area (Å²) in [5, 5.41) is 11.0. The van der Waals surface area contributed by atoms with Crippen LogP contribution < -0.4 is 0 Å². The van der Waals surface area contributed by atoms with E-state index in [-0.39, 0.29) is 6.09 Å². The SMILES string of the molecule is CN(C)Cc1ccc(C2(O)CCN(C(=O)OC(C)(C)C)CC2)cc1. The molecule has 5 heteroatoms. The number of aliphatic hydroxyl groups is 1. The molecule has 0 radical (unpaired) electrons. The highest BCUT2D eigenvalue weighted by atomic mass is 16.6. The number of ether oxygens (including phenoxy) is 1. The highest BCUT2D eigenvalue weighted by Crippen LogP contribution is 2.33. The van der Waals surface area contributed by atoms with E-state index in [4.69, 9.17) is 4.74 Å². The first-order chi connectivity index (χ1) is 11.1. The maximum Gasteiger partial charge on any atom is 0.410 e. The molecular formula is C19H30N2O3. The lowest BCUT2D eigenvalue weighted by Gasteiger charge is -2.39. The molecule has 134 valence electrons. The molecule has 1 aromatic carbocycles. The Bertz CT molecular complexity index is 553. The molecule has 0 saturated carbocycles. The standard InChI is InChI=1S/C19H30N2O3/c1-18(2,3)24-17(22)21-12-10-19(23,11-13-21)16-8-6-15(7-9-16)14-20(4)5/h6-9,23H,10-14H2,1-5H3. The Morgan fingerprint density at radius 3 is 2.21 bits per heavy atom. The normalized spacial score (nSPS) is 17.9. The molecule has 1 fully saturated rings. The first-order valence-electron chi connectivity index (χ1n) is 8.53. The van der Waals surface area contributed by atoms with Crippen LogP contribution in [0.2, 0.25) is 0 Å². The van der Waals surface area contributed by atoms with Crippen molar-refractivity contribution in [3.63, 3.8) is 0 Å². The summed E-state index contributed by atoms with van der Waals surface area (Å²) in [6.45, 7) is 7.47. The van der Waals surface area contributed by atoms with Crippen LogP contribution in [-0.4, -0.2) is 53.8 Å². The Labute approximate surface area is 145 Å². The van der Waals surface area contributed by atoms with Crippen LogP contribution in [-0.2, 0) is 16.9 Å². The van der Waals surface area contributed by atoms with E-state index in [0.717, 1.165) is 12.1 Å². The van der Waals surface area contributed by atoms with Crippen LogP contribution >= 0.6 is 0 Å². The summed E-state index contributed by atoms with van der Waals surface area (Å²) >= 11 is 0. The minimum Gasteiger partial charge on any atom is -0.444 e. The molecule has 0 unspecified atom stereocenters. The Morgan fingerprint density at radius 2 is 1.75 bits per heavy atom. The first kappa shape index (κ1) is 18.7. The number of nitrogens with zero attached hydrogens (tertiary/aromatic N) is 2. The number of hydrogen-bond donors (Lipinski definition) is 1. The third kappa shape index (κ3) is 4.95. The molecule has 0 spiro atoms. The largest absolute Gasteiger partial charge is 0.444 e. The number of piperidine rings is 1. The lowest BCUT2D eigenvalue weighted by Crippen LogP contribution is -2.46. The number of hydrogen-bond acceptors (Lipinski definition) is 4. The van der Waals surface area contributed by atoms with Crippen molar-refractivity contribution in [1.82, 2.24) is 9.80 Å². The molecular weight excluding hydrogens is 304 g/mol. The maximum absolute atomic E-state index is 12.1. The van der Waals surface area contributed by atoms with Gasteiger partial charge in [-0.3, -0.25) is 0 Å². The van der Waals surface area contributed by atoms with Crippen LogP contribution in [0.1, 0.15) is 44.7 Å². The summed E-state index contributed by atoms with van der Waals surface area (Å²) < 4.78 is 5.40. The van der Waals surface area contributed by atoms with Crippen LogP contribution in [0.4, 0.5) is 4.79 Å². The van der Waals surface area contributed by atoms with Crippen molar-refractivity contribution in [2.24, 2.45) is 0 Å². The van der Waals surface area contributed by atoms with Crippen LogP contribution in [0.3, 0.4) is 0 Å². The van der Waals surface area contributed by atoms with Gasteiger partial charge in [0.2, 0.25) is 0 Å². The molecule has 0 aliphatic carbocycles. The maximum atomic E-state index is 12.1. The van der Waals surface area contributed by atoms with Crippen LogP contribution in [0.15, 0.2) is 24.3 Å². The molecule has 0 aromatic heterocycles. The molecule has 5 nitrogen and oxygen atoms in total. The summed E-state index contributed by atoms with van der Waals surface area (Å²) in [5.74, 6) is 0. The van der Waals surface area contributed by atoms with Gasteiger partial charge in [-0.05, 0) is 58.8 Å². The average molecular weight is 334 g/mol. The van der Waals surface area contributed by atoms with Gasteiger partial charge in [0.25, 0.3) is 0 Å². The van der Waals surface area contributed by atoms with Gasteiger partial charge in [0.05, 0.1) is 5.60 Å². The topological polar surface area (TPSA) is 53.0 Å². The second kappa shape index (κ2) is 7.11. The Hall–Kier alpha value is -1.59. The van der Waals surface area contributed by atoms with Gasteiger partial charge in [-0.1, -0.05) is 24.3 Å². The van der Waals surface area contributed by atoms with Gasteiger partial charge in [0, 0.05) is 19.6 Å². The van der Waals surface area contributed by atoms with Gasteiger partial charge in [0.1, 0.15) is 5.60 Å². The van der Waals surface area contributed by atoms with E-state index < -0.39 is 11.2 Å². The number of carbonyl (C=O) groups excluding carboxylic acids is 1. The van der Waals surface area contributed by atoms with Crippen LogP contribution in [0.5, 0.6) is 0 Å². The number of rotatable bonds is 3. The average Bonchev–Trinajstić information content (AvgIpc) is 2.46. The first-order valence-corrected chi connectivity index (χ1v) is 8.53. The summed E-state index contributed by atoms with van der Waals surface area (Å²) in [5.41, 5.74) is 0.787. The van der Waals surface area contributed by atoms with Gasteiger partial charge >= 0.3 is 6.09 Å². The van der Waals surface area contributed by atoms with Gasteiger partial charge in [-0.15, -0.1) is 0 Å². The van der Waals surface area contributed by atoms with Crippen molar-refractivity contribution in [3.05, 3.63) is 35.4 Å². The van der Waals surface area contributed by atoms with Gasteiger partial charge in [-0.2, -0.15) is 0 Å². The van der Waals surface area contributed by atoms with Crippen molar-refractivity contribution in [2.45, 2.75) is 51.4 Å². The third-order valence-corrected chi connectivity index (χ3v) is 4.23. The Morgan fingerprint density at radius 1 is 1.21 bits per heavy atom. The zero-order chi connectivity index (χ0) is 18.0. The van der Waals surface area contributed by atoms with Crippen LogP contribution in [0, 0.1) is 0 Å². The minimum atomic E-state index is -0.866. The number of benzene rings is 1. The number of carbonyl (C=O) groups is 1. The van der Waals surface area contributed by atoms with Crippen molar-refractivity contribution in [3.8, 4) is 0 Å². The Balaban J connectivity index is 1.97. The fourth-order valence-corrected chi connectivity index (χ4v) is 2.96. The summed E-state index contributed by atoms with van der Waals surface area (Å²) in [6.07, 6.45) is 0.754. The molecule has 1 aromatic rings. The predicted molar refractivity (Wildman–Crippen MR) is 94.8 cm³/mol. The molecule has 1 N–H and O–H groups in total. The minimum absolute atomic E-state index is 0.300. The summed E-state index contributed by atoms with van der Waals surface area (Å²) in [7, 11) is 4.07. The molecule has 0 atom stereocenters. The zero-order valence-corrected chi connectivity index (χ0v) is 15.5. The monoisotopic (exact) mass is 334 g/mol. The molecule has 1 heterocycles. The van der Waals surface area contributed by atoms with E-state index in [2.05, 4.69) is 17.0 Å².